The number of hydrogen-bond acceptors (Lipinski definition) is 5. The summed E-state index contributed by atoms with van der Waals surface area (Å²) in [6.07, 6.45) is 7.94. The van der Waals surface area contributed by atoms with Crippen LogP contribution in [0.5, 0.6) is 5.75 Å². The van der Waals surface area contributed by atoms with Gasteiger partial charge in [-0.1, -0.05) is 12.1 Å². The van der Waals surface area contributed by atoms with E-state index in [0.717, 1.165) is 61.7 Å². The SMILES string of the molecule is COc1cccc(-c2nccnc2[C@H]2CCCN(C(=O)CN3CCCC3)C2)c1. The lowest BCUT2D eigenvalue weighted by Gasteiger charge is -2.34. The molecule has 0 unspecified atom stereocenters. The molecule has 28 heavy (non-hydrogen) atoms. The topological polar surface area (TPSA) is 58.6 Å². The Morgan fingerprint density at radius 1 is 1.14 bits per heavy atom. The lowest BCUT2D eigenvalue weighted by Crippen LogP contribution is -2.44. The molecule has 4 rings (SSSR count). The summed E-state index contributed by atoms with van der Waals surface area (Å²) in [5.74, 6) is 1.27. The summed E-state index contributed by atoms with van der Waals surface area (Å²) >= 11 is 0. The zero-order chi connectivity index (χ0) is 19.3. The number of carbonyl (C=O) groups excluding carboxylic acids is 1. The fourth-order valence-corrected chi connectivity index (χ4v) is 4.30. The first-order chi connectivity index (χ1) is 13.7. The van der Waals surface area contributed by atoms with E-state index in [0.29, 0.717) is 6.54 Å². The number of nitrogens with zero attached hydrogens (tertiary/aromatic N) is 4. The highest BCUT2D eigenvalue weighted by molar-refractivity contribution is 5.78. The number of aromatic nitrogens is 2. The lowest BCUT2D eigenvalue weighted by atomic mass is 9.91. The van der Waals surface area contributed by atoms with Crippen LogP contribution in [0.15, 0.2) is 36.7 Å². The molecule has 0 aliphatic carbocycles. The number of ether oxygens (including phenoxy) is 1. The molecule has 2 aromatic rings. The fraction of sp³-hybridized carbons (Fsp3) is 0.500. The molecule has 148 valence electrons. The van der Waals surface area contributed by atoms with Crippen molar-refractivity contribution in [2.24, 2.45) is 0 Å². The first-order valence-corrected chi connectivity index (χ1v) is 10.2. The second kappa shape index (κ2) is 8.69. The summed E-state index contributed by atoms with van der Waals surface area (Å²) in [5, 5.41) is 0. The first kappa shape index (κ1) is 18.9. The maximum Gasteiger partial charge on any atom is 0.236 e. The third-order valence-corrected chi connectivity index (χ3v) is 5.79. The van der Waals surface area contributed by atoms with Crippen LogP contribution in [0.3, 0.4) is 0 Å². The van der Waals surface area contributed by atoms with E-state index in [-0.39, 0.29) is 11.8 Å². The van der Waals surface area contributed by atoms with Gasteiger partial charge in [-0.2, -0.15) is 0 Å². The summed E-state index contributed by atoms with van der Waals surface area (Å²) in [6.45, 7) is 4.22. The van der Waals surface area contributed by atoms with Crippen molar-refractivity contribution in [2.45, 2.75) is 31.6 Å². The van der Waals surface area contributed by atoms with Gasteiger partial charge in [0.2, 0.25) is 5.91 Å². The normalized spacial score (nSPS) is 20.3. The molecule has 3 heterocycles. The zero-order valence-electron chi connectivity index (χ0n) is 16.5. The van der Waals surface area contributed by atoms with Gasteiger partial charge < -0.3 is 9.64 Å². The average Bonchev–Trinajstić information content (AvgIpc) is 3.27. The average molecular weight is 380 g/mol. The molecule has 0 saturated carbocycles. The summed E-state index contributed by atoms with van der Waals surface area (Å²) < 4.78 is 5.37. The second-order valence-corrected chi connectivity index (χ2v) is 7.68. The highest BCUT2D eigenvalue weighted by atomic mass is 16.5. The zero-order valence-corrected chi connectivity index (χ0v) is 16.5. The van der Waals surface area contributed by atoms with Crippen molar-refractivity contribution in [1.82, 2.24) is 19.8 Å². The summed E-state index contributed by atoms with van der Waals surface area (Å²) in [4.78, 5) is 26.4. The minimum Gasteiger partial charge on any atom is -0.497 e. The minimum absolute atomic E-state index is 0.214. The molecule has 0 spiro atoms. The molecule has 0 bridgehead atoms. The van der Waals surface area contributed by atoms with Crippen molar-refractivity contribution >= 4 is 5.91 Å². The van der Waals surface area contributed by atoms with Gasteiger partial charge in [0.25, 0.3) is 0 Å². The van der Waals surface area contributed by atoms with Crippen LogP contribution in [0.2, 0.25) is 0 Å². The van der Waals surface area contributed by atoms with E-state index in [1.807, 2.05) is 29.2 Å². The number of carbonyl (C=O) groups is 1. The third kappa shape index (κ3) is 4.17. The molecule has 6 nitrogen and oxygen atoms in total. The van der Waals surface area contributed by atoms with Crippen molar-refractivity contribution in [3.05, 3.63) is 42.4 Å². The second-order valence-electron chi connectivity index (χ2n) is 7.68. The van der Waals surface area contributed by atoms with Gasteiger partial charge in [0.15, 0.2) is 0 Å². The van der Waals surface area contributed by atoms with Gasteiger partial charge in [0.1, 0.15) is 5.75 Å². The number of benzene rings is 1. The van der Waals surface area contributed by atoms with Crippen LogP contribution in [0.1, 0.15) is 37.3 Å². The Labute approximate surface area is 166 Å². The molecule has 1 aromatic carbocycles. The van der Waals surface area contributed by atoms with E-state index in [4.69, 9.17) is 4.74 Å². The number of amides is 1. The van der Waals surface area contributed by atoms with Crippen molar-refractivity contribution in [2.75, 3.05) is 39.8 Å². The minimum atomic E-state index is 0.214. The van der Waals surface area contributed by atoms with Crippen molar-refractivity contribution in [3.8, 4) is 17.0 Å². The molecule has 1 aromatic heterocycles. The molecule has 0 radical (unpaired) electrons. The number of rotatable bonds is 5. The van der Waals surface area contributed by atoms with Gasteiger partial charge >= 0.3 is 0 Å². The van der Waals surface area contributed by atoms with E-state index in [1.165, 1.54) is 12.8 Å². The van der Waals surface area contributed by atoms with Crippen LogP contribution in [0.25, 0.3) is 11.3 Å². The van der Waals surface area contributed by atoms with Gasteiger partial charge in [-0.15, -0.1) is 0 Å². The predicted molar refractivity (Wildman–Crippen MR) is 108 cm³/mol. The van der Waals surface area contributed by atoms with Crippen LogP contribution >= 0.6 is 0 Å². The van der Waals surface area contributed by atoms with Gasteiger partial charge in [0, 0.05) is 37.0 Å². The van der Waals surface area contributed by atoms with Crippen LogP contribution in [-0.4, -0.2) is 65.5 Å². The van der Waals surface area contributed by atoms with Crippen molar-refractivity contribution < 1.29 is 9.53 Å². The van der Waals surface area contributed by atoms with E-state index in [2.05, 4.69) is 14.9 Å². The Morgan fingerprint density at radius 3 is 2.79 bits per heavy atom. The molecule has 1 atom stereocenters. The Hall–Kier alpha value is -2.47. The highest BCUT2D eigenvalue weighted by Gasteiger charge is 2.29. The molecule has 2 aliphatic heterocycles. The van der Waals surface area contributed by atoms with Crippen molar-refractivity contribution in [3.63, 3.8) is 0 Å². The van der Waals surface area contributed by atoms with Gasteiger partial charge in [0.05, 0.1) is 25.0 Å². The molecule has 6 heteroatoms. The summed E-state index contributed by atoms with van der Waals surface area (Å²) in [6, 6.07) is 7.93. The third-order valence-electron chi connectivity index (χ3n) is 5.79. The Morgan fingerprint density at radius 2 is 1.96 bits per heavy atom. The van der Waals surface area contributed by atoms with Gasteiger partial charge in [-0.25, -0.2) is 0 Å². The number of methoxy groups -OCH3 is 1. The molecular formula is C22H28N4O2. The first-order valence-electron chi connectivity index (χ1n) is 10.2. The highest BCUT2D eigenvalue weighted by Crippen LogP contribution is 2.33. The number of piperidine rings is 1. The van der Waals surface area contributed by atoms with Gasteiger partial charge in [-0.3, -0.25) is 19.7 Å². The quantitative estimate of drug-likeness (QED) is 0.798. The Balaban J connectivity index is 1.53. The standard InChI is InChI=1S/C22H28N4O2/c1-28-19-8-4-6-17(14-19)21-22(24-10-9-23-21)18-7-5-13-26(15-18)20(27)16-25-11-2-3-12-25/h4,6,8-10,14,18H,2-3,5,7,11-13,15-16H2,1H3/t18-/m0/s1. The molecule has 0 N–H and O–H groups in total. The maximum absolute atomic E-state index is 12.8. The number of likely N-dealkylation sites (tertiary alicyclic amines) is 2. The molecule has 1 amide bonds. The molecule has 2 aliphatic rings. The van der Waals surface area contributed by atoms with E-state index in [1.54, 1.807) is 19.5 Å². The van der Waals surface area contributed by atoms with E-state index in [9.17, 15) is 4.79 Å². The summed E-state index contributed by atoms with van der Waals surface area (Å²) in [5.41, 5.74) is 2.87. The smallest absolute Gasteiger partial charge is 0.236 e. The Bertz CT molecular complexity index is 820. The number of hydrogen-bond donors (Lipinski definition) is 0. The summed E-state index contributed by atoms with van der Waals surface area (Å²) in [7, 11) is 1.67. The van der Waals surface area contributed by atoms with Crippen LogP contribution in [0.4, 0.5) is 0 Å². The largest absolute Gasteiger partial charge is 0.497 e. The fourth-order valence-electron chi connectivity index (χ4n) is 4.30. The monoisotopic (exact) mass is 380 g/mol. The van der Waals surface area contributed by atoms with Crippen LogP contribution in [0, 0.1) is 0 Å². The lowest BCUT2D eigenvalue weighted by molar-refractivity contribution is -0.133. The van der Waals surface area contributed by atoms with E-state index >= 15 is 0 Å². The molecular weight excluding hydrogens is 352 g/mol. The van der Waals surface area contributed by atoms with E-state index < -0.39 is 0 Å². The molecule has 2 fully saturated rings. The Kier molecular flexibility index (Phi) is 5.86. The predicted octanol–water partition coefficient (Wildman–Crippen LogP) is 2.95. The van der Waals surface area contributed by atoms with Crippen LogP contribution in [-0.2, 0) is 4.79 Å². The maximum atomic E-state index is 12.8. The van der Waals surface area contributed by atoms with Crippen molar-refractivity contribution in [1.29, 1.82) is 0 Å². The molecule has 2 saturated heterocycles. The van der Waals surface area contributed by atoms with Crippen LogP contribution < -0.4 is 4.74 Å². The van der Waals surface area contributed by atoms with Gasteiger partial charge in [-0.05, 0) is 50.9 Å².